The van der Waals surface area contributed by atoms with Crippen molar-refractivity contribution in [3.8, 4) is 0 Å². The van der Waals surface area contributed by atoms with Crippen molar-refractivity contribution in [2.45, 2.75) is 19.4 Å². The molecule has 16 heavy (non-hydrogen) atoms. The highest BCUT2D eigenvalue weighted by Crippen LogP contribution is 2.15. The van der Waals surface area contributed by atoms with Gasteiger partial charge in [-0.15, -0.1) is 0 Å². The summed E-state index contributed by atoms with van der Waals surface area (Å²) in [4.78, 5) is 0. The fourth-order valence-electron chi connectivity index (χ4n) is 1.45. The van der Waals surface area contributed by atoms with Crippen LogP contribution in [0.5, 0.6) is 0 Å². The summed E-state index contributed by atoms with van der Waals surface area (Å²) < 4.78 is 0. The van der Waals surface area contributed by atoms with Crippen molar-refractivity contribution in [2.24, 2.45) is 5.73 Å². The lowest BCUT2D eigenvalue weighted by atomic mass is 10.1. The Bertz CT molecular complexity index is 360. The van der Waals surface area contributed by atoms with Crippen LogP contribution in [0.15, 0.2) is 30.3 Å². The molecular weight excluding hydrogens is 202 g/mol. The lowest BCUT2D eigenvalue weighted by molar-refractivity contribution is 0.616. The average Bonchev–Trinajstić information content (AvgIpc) is 2.26. The Morgan fingerprint density at radius 2 is 1.94 bits per heavy atom. The zero-order valence-corrected chi connectivity index (χ0v) is 9.25. The molecule has 0 bridgehead atoms. The quantitative estimate of drug-likeness (QED) is 0.389. The van der Waals surface area contributed by atoms with Gasteiger partial charge < -0.3 is 11.1 Å². The predicted octanol–water partition coefficient (Wildman–Crippen LogP) is 1.15. The van der Waals surface area contributed by atoms with Crippen LogP contribution in [-0.4, -0.2) is 11.9 Å². The summed E-state index contributed by atoms with van der Waals surface area (Å²) in [6.07, 6.45) is 0.853. The Morgan fingerprint density at radius 1 is 1.31 bits per heavy atom. The number of benzene rings is 1. The summed E-state index contributed by atoms with van der Waals surface area (Å²) in [5.41, 5.74) is 6.25. The molecule has 0 radical (unpaired) electrons. The highest BCUT2D eigenvalue weighted by molar-refractivity contribution is 5.94. The normalized spacial score (nSPS) is 11.6. The zero-order chi connectivity index (χ0) is 12.0. The van der Waals surface area contributed by atoms with E-state index in [1.807, 2.05) is 37.3 Å². The predicted molar refractivity (Wildman–Crippen MR) is 65.4 cm³/mol. The van der Waals surface area contributed by atoms with Crippen LogP contribution in [0.3, 0.4) is 0 Å². The fraction of sp³-hybridized carbons (Fsp3) is 0.273. The molecule has 0 aliphatic heterocycles. The van der Waals surface area contributed by atoms with Crippen LogP contribution in [0.1, 0.15) is 24.9 Å². The van der Waals surface area contributed by atoms with Crippen LogP contribution >= 0.6 is 0 Å². The van der Waals surface area contributed by atoms with Crippen molar-refractivity contribution in [3.05, 3.63) is 35.9 Å². The van der Waals surface area contributed by atoms with Crippen LogP contribution in [0.4, 0.5) is 0 Å². The molecule has 0 saturated carbocycles. The molecule has 0 heterocycles. The molecule has 5 heteroatoms. The first-order valence-corrected chi connectivity index (χ1v) is 5.14. The summed E-state index contributed by atoms with van der Waals surface area (Å²) in [5, 5.41) is 20.0. The monoisotopic (exact) mass is 219 g/mol. The van der Waals surface area contributed by atoms with Crippen molar-refractivity contribution in [3.63, 3.8) is 0 Å². The summed E-state index contributed by atoms with van der Waals surface area (Å²) in [5.74, 6) is -0.191. The molecule has 6 N–H and O–H groups in total. The van der Waals surface area contributed by atoms with E-state index in [0.29, 0.717) is 0 Å². The Labute approximate surface area is 95.1 Å². The first kappa shape index (κ1) is 12.0. The third-order valence-electron chi connectivity index (χ3n) is 2.19. The van der Waals surface area contributed by atoms with Gasteiger partial charge in [-0.25, -0.2) is 0 Å². The zero-order valence-electron chi connectivity index (χ0n) is 9.25. The molecule has 0 saturated heterocycles. The summed E-state index contributed by atoms with van der Waals surface area (Å²) in [6.45, 7) is 2.03. The molecule has 1 aromatic carbocycles. The summed E-state index contributed by atoms with van der Waals surface area (Å²) >= 11 is 0. The fourth-order valence-corrected chi connectivity index (χ4v) is 1.45. The molecule has 0 aliphatic carbocycles. The SMILES string of the molecule is CC[C@H](NC(=N)NC(=N)N)c1ccccc1. The standard InChI is InChI=1S/C11H17N5/c1-2-9(8-6-4-3-5-7-8)15-11(14)16-10(12)13/h3-7,9H,2H2,1H3,(H6,12,13,14,15,16)/t9-/m0/s1. The van der Waals surface area contributed by atoms with E-state index in [-0.39, 0.29) is 18.0 Å². The van der Waals surface area contributed by atoms with E-state index in [1.165, 1.54) is 0 Å². The van der Waals surface area contributed by atoms with E-state index in [2.05, 4.69) is 10.6 Å². The molecule has 0 unspecified atom stereocenters. The Hall–Kier alpha value is -2.04. The third-order valence-corrected chi connectivity index (χ3v) is 2.19. The van der Waals surface area contributed by atoms with Gasteiger partial charge in [0, 0.05) is 0 Å². The molecule has 1 atom stereocenters. The minimum atomic E-state index is -0.236. The van der Waals surface area contributed by atoms with Gasteiger partial charge in [-0.2, -0.15) is 0 Å². The molecule has 0 aliphatic rings. The first-order valence-electron chi connectivity index (χ1n) is 5.14. The van der Waals surface area contributed by atoms with Crippen LogP contribution in [0.2, 0.25) is 0 Å². The second-order valence-corrected chi connectivity index (χ2v) is 3.43. The van der Waals surface area contributed by atoms with Gasteiger partial charge in [-0.1, -0.05) is 37.3 Å². The van der Waals surface area contributed by atoms with Crippen molar-refractivity contribution in [1.82, 2.24) is 10.6 Å². The van der Waals surface area contributed by atoms with Gasteiger partial charge in [0.25, 0.3) is 0 Å². The van der Waals surface area contributed by atoms with E-state index < -0.39 is 0 Å². The second kappa shape index (κ2) is 5.75. The van der Waals surface area contributed by atoms with E-state index >= 15 is 0 Å². The largest absolute Gasteiger partial charge is 0.370 e. The second-order valence-electron chi connectivity index (χ2n) is 3.43. The number of guanidine groups is 2. The number of rotatable bonds is 3. The van der Waals surface area contributed by atoms with Gasteiger partial charge in [0.05, 0.1) is 6.04 Å². The number of nitrogens with one attached hydrogen (secondary N) is 4. The van der Waals surface area contributed by atoms with Gasteiger partial charge in [0.2, 0.25) is 0 Å². The van der Waals surface area contributed by atoms with Crippen molar-refractivity contribution in [2.75, 3.05) is 0 Å². The van der Waals surface area contributed by atoms with E-state index in [1.54, 1.807) is 0 Å². The van der Waals surface area contributed by atoms with Gasteiger partial charge >= 0.3 is 0 Å². The minimum Gasteiger partial charge on any atom is -0.370 e. The molecule has 5 nitrogen and oxygen atoms in total. The van der Waals surface area contributed by atoms with Gasteiger partial charge in [-0.3, -0.25) is 16.1 Å². The van der Waals surface area contributed by atoms with Crippen molar-refractivity contribution >= 4 is 11.9 Å². The molecular formula is C11H17N5. The summed E-state index contributed by atoms with van der Waals surface area (Å²) in [7, 11) is 0. The van der Waals surface area contributed by atoms with Crippen molar-refractivity contribution < 1.29 is 0 Å². The molecule has 1 aromatic rings. The highest BCUT2D eigenvalue weighted by Gasteiger charge is 2.09. The Kier molecular flexibility index (Phi) is 4.32. The molecule has 0 amide bonds. The van der Waals surface area contributed by atoms with Crippen LogP contribution < -0.4 is 16.4 Å². The van der Waals surface area contributed by atoms with E-state index in [9.17, 15) is 0 Å². The maximum atomic E-state index is 7.56. The van der Waals surface area contributed by atoms with Gasteiger partial charge in [0.1, 0.15) is 0 Å². The highest BCUT2D eigenvalue weighted by atomic mass is 15.2. The molecule has 0 spiro atoms. The molecule has 0 aromatic heterocycles. The molecule has 1 rings (SSSR count). The number of hydrogen-bond acceptors (Lipinski definition) is 2. The minimum absolute atomic E-state index is 0.0446. The number of hydrogen-bond donors (Lipinski definition) is 5. The van der Waals surface area contributed by atoms with Gasteiger partial charge in [-0.05, 0) is 12.0 Å². The van der Waals surface area contributed by atoms with Gasteiger partial charge in [0.15, 0.2) is 11.9 Å². The molecule has 86 valence electrons. The van der Waals surface area contributed by atoms with E-state index in [4.69, 9.17) is 16.6 Å². The van der Waals surface area contributed by atoms with E-state index in [0.717, 1.165) is 12.0 Å². The van der Waals surface area contributed by atoms with Crippen LogP contribution in [-0.2, 0) is 0 Å². The first-order chi connectivity index (χ1) is 7.63. The topological polar surface area (TPSA) is 97.8 Å². The Balaban J connectivity index is 2.63. The molecule has 0 fully saturated rings. The Morgan fingerprint density at radius 3 is 2.44 bits per heavy atom. The lowest BCUT2D eigenvalue weighted by Gasteiger charge is -2.19. The smallest absolute Gasteiger partial charge is 0.195 e. The average molecular weight is 219 g/mol. The van der Waals surface area contributed by atoms with Crippen molar-refractivity contribution in [1.29, 1.82) is 10.8 Å². The summed E-state index contributed by atoms with van der Waals surface area (Å²) in [6, 6.07) is 9.93. The van der Waals surface area contributed by atoms with Crippen LogP contribution in [0, 0.1) is 10.8 Å². The maximum Gasteiger partial charge on any atom is 0.195 e. The van der Waals surface area contributed by atoms with Crippen LogP contribution in [0.25, 0.3) is 0 Å². The third kappa shape index (κ3) is 3.61. The number of nitrogens with two attached hydrogens (primary N) is 1. The lowest BCUT2D eigenvalue weighted by Crippen LogP contribution is -2.44. The maximum absolute atomic E-state index is 7.56.